The zero-order valence-corrected chi connectivity index (χ0v) is 22.0. The highest BCUT2D eigenvalue weighted by Gasteiger charge is 2.36. The highest BCUT2D eigenvalue weighted by atomic mass is 19.3. The van der Waals surface area contributed by atoms with E-state index in [1.165, 1.54) is 31.9 Å². The number of allylic oxidation sites excluding steroid dienone is 3. The molecule has 4 rings (SSSR count). The summed E-state index contributed by atoms with van der Waals surface area (Å²) >= 11 is 0. The second-order valence-corrected chi connectivity index (χ2v) is 10.7. The lowest BCUT2D eigenvalue weighted by Gasteiger charge is -2.29. The molecule has 2 aromatic rings. The minimum absolute atomic E-state index is 0.0212. The molecular weight excluding hydrogens is 518 g/mol. The van der Waals surface area contributed by atoms with Gasteiger partial charge in [0.05, 0.1) is 0 Å². The van der Waals surface area contributed by atoms with Crippen molar-refractivity contribution in [1.82, 2.24) is 0 Å². The number of halogens is 6. The standard InChI is InChI=1S/C31H34F6O2/c1-3-20-5-7-21(8-6-20)9-10-22-11-13-23(14-12-22)24-15-17-26(30(35)28(24)33)39-31(36,37)18-38-25-16-4-19(2)27(32)29(25)34/h3-4,9-10,15-17,20-23H,1,5-8,11-14,18H2,2H3/b10-9+. The Kier molecular flexibility index (Phi) is 9.34. The van der Waals surface area contributed by atoms with E-state index >= 15 is 0 Å². The van der Waals surface area contributed by atoms with Gasteiger partial charge in [0.1, 0.15) is 0 Å². The van der Waals surface area contributed by atoms with Gasteiger partial charge in [-0.15, -0.1) is 6.58 Å². The van der Waals surface area contributed by atoms with Gasteiger partial charge in [0.2, 0.25) is 11.6 Å². The fourth-order valence-corrected chi connectivity index (χ4v) is 5.54. The molecule has 0 N–H and O–H groups in total. The highest BCUT2D eigenvalue weighted by Crippen LogP contribution is 2.40. The van der Waals surface area contributed by atoms with Gasteiger partial charge >= 0.3 is 6.11 Å². The van der Waals surface area contributed by atoms with Crippen LogP contribution in [0.3, 0.4) is 0 Å². The van der Waals surface area contributed by atoms with Gasteiger partial charge in [-0.05, 0) is 105 Å². The molecule has 0 spiro atoms. The molecule has 2 aromatic carbocycles. The summed E-state index contributed by atoms with van der Waals surface area (Å²) < 4.78 is 94.8. The summed E-state index contributed by atoms with van der Waals surface area (Å²) in [4.78, 5) is 0. The summed E-state index contributed by atoms with van der Waals surface area (Å²) in [6.07, 6.45) is 10.2. The van der Waals surface area contributed by atoms with Gasteiger partial charge in [0.15, 0.2) is 29.7 Å². The monoisotopic (exact) mass is 552 g/mol. The fraction of sp³-hybridized carbons (Fsp3) is 0.484. The second-order valence-electron chi connectivity index (χ2n) is 10.7. The number of ether oxygens (including phenoxy) is 2. The van der Waals surface area contributed by atoms with E-state index < -0.39 is 47.5 Å². The van der Waals surface area contributed by atoms with E-state index in [0.717, 1.165) is 37.8 Å². The van der Waals surface area contributed by atoms with Crippen LogP contribution in [-0.4, -0.2) is 12.7 Å². The van der Waals surface area contributed by atoms with Crippen molar-refractivity contribution in [1.29, 1.82) is 0 Å². The Hall–Kier alpha value is -2.90. The third-order valence-electron chi connectivity index (χ3n) is 7.99. The Bertz CT molecular complexity index is 1180. The minimum Gasteiger partial charge on any atom is -0.480 e. The third-order valence-corrected chi connectivity index (χ3v) is 7.99. The number of alkyl halides is 2. The molecule has 39 heavy (non-hydrogen) atoms. The largest absolute Gasteiger partial charge is 0.480 e. The Balaban J connectivity index is 1.32. The summed E-state index contributed by atoms with van der Waals surface area (Å²) in [5, 5.41) is 0. The molecule has 0 saturated heterocycles. The van der Waals surface area contributed by atoms with Crippen LogP contribution < -0.4 is 9.47 Å². The first kappa shape index (κ1) is 29.1. The lowest BCUT2D eigenvalue weighted by atomic mass is 9.77. The van der Waals surface area contributed by atoms with Crippen molar-refractivity contribution < 1.29 is 35.8 Å². The van der Waals surface area contributed by atoms with Crippen LogP contribution in [0.25, 0.3) is 0 Å². The molecule has 0 heterocycles. The Morgan fingerprint density at radius 2 is 1.28 bits per heavy atom. The molecule has 0 unspecified atom stereocenters. The molecule has 0 aliphatic heterocycles. The first-order valence-corrected chi connectivity index (χ1v) is 13.5. The van der Waals surface area contributed by atoms with Gasteiger partial charge in [-0.25, -0.2) is 8.78 Å². The summed E-state index contributed by atoms with van der Waals surface area (Å²) in [5.74, 6) is -5.74. The predicted molar refractivity (Wildman–Crippen MR) is 138 cm³/mol. The molecular formula is C31H34F6O2. The number of rotatable bonds is 9. The first-order chi connectivity index (χ1) is 18.6. The lowest BCUT2D eigenvalue weighted by Crippen LogP contribution is -2.33. The van der Waals surface area contributed by atoms with E-state index in [0.29, 0.717) is 30.6 Å². The van der Waals surface area contributed by atoms with Crippen LogP contribution in [0.1, 0.15) is 68.4 Å². The Morgan fingerprint density at radius 3 is 1.90 bits per heavy atom. The van der Waals surface area contributed by atoms with Gasteiger partial charge in [0.25, 0.3) is 0 Å². The van der Waals surface area contributed by atoms with Crippen LogP contribution >= 0.6 is 0 Å². The number of benzene rings is 2. The Labute approximate surface area is 225 Å². The van der Waals surface area contributed by atoms with Gasteiger partial charge in [-0.1, -0.05) is 30.4 Å². The van der Waals surface area contributed by atoms with Crippen molar-refractivity contribution in [2.75, 3.05) is 6.61 Å². The summed E-state index contributed by atoms with van der Waals surface area (Å²) in [5.41, 5.74) is 0.119. The average molecular weight is 553 g/mol. The van der Waals surface area contributed by atoms with Gasteiger partial charge in [-0.2, -0.15) is 17.6 Å². The number of hydrogen-bond acceptors (Lipinski definition) is 2. The third kappa shape index (κ3) is 7.20. The van der Waals surface area contributed by atoms with E-state index in [4.69, 9.17) is 0 Å². The molecule has 0 bridgehead atoms. The maximum atomic E-state index is 14.9. The Morgan fingerprint density at radius 1 is 0.744 bits per heavy atom. The highest BCUT2D eigenvalue weighted by molar-refractivity contribution is 5.34. The zero-order chi connectivity index (χ0) is 28.2. The zero-order valence-electron chi connectivity index (χ0n) is 22.0. The van der Waals surface area contributed by atoms with Crippen molar-refractivity contribution in [3.8, 4) is 11.5 Å². The van der Waals surface area contributed by atoms with Crippen molar-refractivity contribution in [3.63, 3.8) is 0 Å². The van der Waals surface area contributed by atoms with Crippen LogP contribution in [0.2, 0.25) is 0 Å². The second kappa shape index (κ2) is 12.5. The molecule has 212 valence electrons. The summed E-state index contributed by atoms with van der Waals surface area (Å²) in [6, 6.07) is 4.41. The van der Waals surface area contributed by atoms with Crippen LogP contribution in [-0.2, 0) is 0 Å². The van der Waals surface area contributed by atoms with Crippen molar-refractivity contribution >= 4 is 0 Å². The molecule has 0 amide bonds. The van der Waals surface area contributed by atoms with E-state index in [1.54, 1.807) is 0 Å². The van der Waals surface area contributed by atoms with Gasteiger partial charge in [0, 0.05) is 0 Å². The molecule has 2 fully saturated rings. The molecule has 2 nitrogen and oxygen atoms in total. The van der Waals surface area contributed by atoms with Crippen molar-refractivity contribution in [2.45, 2.75) is 70.3 Å². The van der Waals surface area contributed by atoms with E-state index in [1.807, 2.05) is 6.08 Å². The quantitative estimate of drug-likeness (QED) is 0.228. The van der Waals surface area contributed by atoms with E-state index in [2.05, 4.69) is 28.2 Å². The minimum atomic E-state index is -4.13. The molecule has 2 saturated carbocycles. The fourth-order valence-electron chi connectivity index (χ4n) is 5.54. The SMILES string of the molecule is C=CC1CCC(/C=C/C2CCC(c3ccc(OC(F)(F)COc4ccc(C)c(F)c4F)c(F)c3F)CC2)CC1. The average Bonchev–Trinajstić information content (AvgIpc) is 2.93. The maximum absolute atomic E-state index is 14.9. The normalized spacial score (nSPS) is 24.1. The molecule has 2 aliphatic carbocycles. The molecule has 0 radical (unpaired) electrons. The summed E-state index contributed by atoms with van der Waals surface area (Å²) in [7, 11) is 0. The van der Waals surface area contributed by atoms with Crippen LogP contribution in [0.5, 0.6) is 11.5 Å². The maximum Gasteiger partial charge on any atom is 0.433 e. The number of aryl methyl sites for hydroxylation is 1. The molecule has 2 aliphatic rings. The number of hydrogen-bond donors (Lipinski definition) is 0. The van der Waals surface area contributed by atoms with Crippen molar-refractivity contribution in [3.05, 3.63) is 83.5 Å². The van der Waals surface area contributed by atoms with Crippen molar-refractivity contribution in [2.24, 2.45) is 17.8 Å². The van der Waals surface area contributed by atoms with Gasteiger partial charge < -0.3 is 9.47 Å². The topological polar surface area (TPSA) is 18.5 Å². The predicted octanol–water partition coefficient (Wildman–Crippen LogP) is 9.42. The van der Waals surface area contributed by atoms with Crippen LogP contribution in [0.15, 0.2) is 49.1 Å². The molecule has 0 atom stereocenters. The van der Waals surface area contributed by atoms with Crippen LogP contribution in [0, 0.1) is 47.9 Å². The first-order valence-electron chi connectivity index (χ1n) is 13.5. The summed E-state index contributed by atoms with van der Waals surface area (Å²) in [6.45, 7) is 3.66. The molecule has 0 aromatic heterocycles. The smallest absolute Gasteiger partial charge is 0.433 e. The van der Waals surface area contributed by atoms with E-state index in [-0.39, 0.29) is 17.0 Å². The molecule has 8 heteroatoms. The van der Waals surface area contributed by atoms with Gasteiger partial charge in [-0.3, -0.25) is 0 Å². The lowest BCUT2D eigenvalue weighted by molar-refractivity contribution is -0.197. The van der Waals surface area contributed by atoms with Crippen LogP contribution in [0.4, 0.5) is 26.3 Å². The van der Waals surface area contributed by atoms with E-state index in [9.17, 15) is 26.3 Å².